The van der Waals surface area contributed by atoms with Crippen LogP contribution < -0.4 is 10.0 Å². The van der Waals surface area contributed by atoms with Crippen LogP contribution in [0.1, 0.15) is 26.2 Å². The van der Waals surface area contributed by atoms with Gasteiger partial charge in [0.25, 0.3) is 0 Å². The van der Waals surface area contributed by atoms with Gasteiger partial charge < -0.3 is 10.1 Å². The Morgan fingerprint density at radius 1 is 1.24 bits per heavy atom. The van der Waals surface area contributed by atoms with Gasteiger partial charge in [-0.25, -0.2) is 17.9 Å². The molecule has 0 aliphatic carbocycles. The van der Waals surface area contributed by atoms with Crippen LogP contribution in [0.4, 0.5) is 0 Å². The zero-order chi connectivity index (χ0) is 19.0. The predicted octanol–water partition coefficient (Wildman–Crippen LogP) is 2.12. The van der Waals surface area contributed by atoms with E-state index in [-0.39, 0.29) is 14.9 Å². The Bertz CT molecular complexity index is 725. The van der Waals surface area contributed by atoms with Crippen molar-refractivity contribution in [2.75, 3.05) is 13.7 Å². The van der Waals surface area contributed by atoms with Crippen LogP contribution in [0.25, 0.3) is 0 Å². The smallest absolute Gasteiger partial charge is 0.328 e. The molecule has 1 atom stereocenters. The lowest BCUT2D eigenvalue weighted by atomic mass is 10.1. The maximum Gasteiger partial charge on any atom is 0.328 e. The second kappa shape index (κ2) is 9.96. The average Bonchev–Trinajstić information content (AvgIpc) is 2.58. The topological polar surface area (TPSA) is 102 Å². The molecule has 1 aromatic rings. The summed E-state index contributed by atoms with van der Waals surface area (Å²) in [6.45, 7) is 1.42. The number of esters is 1. The molecule has 0 saturated heterocycles. The molecular weight excluding hydrogens is 391 g/mol. The fourth-order valence-corrected chi connectivity index (χ4v) is 3.30. The second-order valence-electron chi connectivity index (χ2n) is 5.19. The van der Waals surface area contributed by atoms with Crippen LogP contribution in [0.5, 0.6) is 0 Å². The zero-order valence-corrected chi connectivity index (χ0v) is 16.2. The lowest BCUT2D eigenvalue weighted by Crippen LogP contribution is -2.45. The minimum Gasteiger partial charge on any atom is -0.467 e. The van der Waals surface area contributed by atoms with Gasteiger partial charge in [0, 0.05) is 0 Å². The van der Waals surface area contributed by atoms with E-state index in [9.17, 15) is 18.0 Å². The van der Waals surface area contributed by atoms with E-state index in [0.717, 1.165) is 12.8 Å². The minimum absolute atomic E-state index is 0.0827. The fraction of sp³-hybridized carbons (Fsp3) is 0.467. The lowest BCUT2D eigenvalue weighted by molar-refractivity contribution is -0.145. The van der Waals surface area contributed by atoms with E-state index in [1.54, 1.807) is 0 Å². The number of sulfonamides is 1. The normalized spacial score (nSPS) is 12.5. The maximum atomic E-state index is 12.2. The summed E-state index contributed by atoms with van der Waals surface area (Å²) in [5, 5.41) is 2.76. The molecule has 25 heavy (non-hydrogen) atoms. The Labute approximate surface area is 157 Å². The number of nitrogens with one attached hydrogen (secondary N) is 2. The van der Waals surface area contributed by atoms with E-state index in [4.69, 9.17) is 23.2 Å². The monoisotopic (exact) mass is 410 g/mol. The molecule has 140 valence electrons. The summed E-state index contributed by atoms with van der Waals surface area (Å²) < 4.78 is 31.1. The molecule has 0 saturated carbocycles. The van der Waals surface area contributed by atoms with Crippen LogP contribution in [-0.4, -0.2) is 40.0 Å². The number of unbranched alkanes of at least 4 members (excludes halogenated alkanes) is 1. The quantitative estimate of drug-likeness (QED) is 0.607. The third-order valence-corrected chi connectivity index (χ3v) is 5.43. The van der Waals surface area contributed by atoms with Crippen molar-refractivity contribution in [2.24, 2.45) is 0 Å². The molecule has 7 nitrogen and oxygen atoms in total. The van der Waals surface area contributed by atoms with E-state index in [1.165, 1.54) is 25.3 Å². The molecule has 0 radical (unpaired) electrons. The molecule has 1 aromatic carbocycles. The van der Waals surface area contributed by atoms with E-state index >= 15 is 0 Å². The molecule has 0 aromatic heterocycles. The van der Waals surface area contributed by atoms with Gasteiger partial charge >= 0.3 is 5.97 Å². The van der Waals surface area contributed by atoms with Gasteiger partial charge in [-0.05, 0) is 24.6 Å². The molecule has 0 heterocycles. The molecule has 0 spiro atoms. The number of carbonyl (C=O) groups excluding carboxylic acids is 2. The SMILES string of the molecule is CCCCC(NC(=O)CNS(=O)(=O)c1ccc(Cl)c(Cl)c1)C(=O)OC. The fourth-order valence-electron chi connectivity index (χ4n) is 1.93. The molecule has 0 aliphatic heterocycles. The first-order valence-corrected chi connectivity index (χ1v) is 9.77. The second-order valence-corrected chi connectivity index (χ2v) is 7.77. The van der Waals surface area contributed by atoms with E-state index in [0.29, 0.717) is 6.42 Å². The number of carbonyl (C=O) groups is 2. The summed E-state index contributed by atoms with van der Waals surface area (Å²) >= 11 is 11.5. The van der Waals surface area contributed by atoms with Gasteiger partial charge in [-0.1, -0.05) is 43.0 Å². The van der Waals surface area contributed by atoms with Crippen molar-refractivity contribution in [2.45, 2.75) is 37.1 Å². The third kappa shape index (κ3) is 6.81. The summed E-state index contributed by atoms with van der Waals surface area (Å²) in [6.07, 6.45) is 1.97. The highest BCUT2D eigenvalue weighted by Crippen LogP contribution is 2.24. The Morgan fingerprint density at radius 3 is 2.48 bits per heavy atom. The van der Waals surface area contributed by atoms with Gasteiger partial charge in [-0.2, -0.15) is 0 Å². The molecule has 1 rings (SSSR count). The number of rotatable bonds is 9. The van der Waals surface area contributed by atoms with Gasteiger partial charge in [-0.3, -0.25) is 4.79 Å². The first kappa shape index (κ1) is 21.7. The first-order chi connectivity index (χ1) is 11.7. The minimum atomic E-state index is -3.94. The highest BCUT2D eigenvalue weighted by Gasteiger charge is 2.22. The average molecular weight is 411 g/mol. The summed E-state index contributed by atoms with van der Waals surface area (Å²) in [4.78, 5) is 23.5. The molecule has 10 heteroatoms. The number of ether oxygens (including phenoxy) is 1. The van der Waals surface area contributed by atoms with Crippen molar-refractivity contribution in [3.63, 3.8) is 0 Å². The maximum absolute atomic E-state index is 12.2. The van der Waals surface area contributed by atoms with Crippen LogP contribution >= 0.6 is 23.2 Å². The molecule has 0 fully saturated rings. The highest BCUT2D eigenvalue weighted by atomic mass is 35.5. The summed E-state index contributed by atoms with van der Waals surface area (Å²) in [5.74, 6) is -1.22. The van der Waals surface area contributed by atoms with Gasteiger partial charge in [0.1, 0.15) is 6.04 Å². The molecule has 2 N–H and O–H groups in total. The van der Waals surface area contributed by atoms with Gasteiger partial charge in [0.15, 0.2) is 0 Å². The van der Waals surface area contributed by atoms with Crippen molar-refractivity contribution in [3.05, 3.63) is 28.2 Å². The molecule has 1 amide bonds. The number of methoxy groups -OCH3 is 1. The van der Waals surface area contributed by atoms with Crippen LogP contribution in [0.2, 0.25) is 10.0 Å². The van der Waals surface area contributed by atoms with E-state index in [1.807, 2.05) is 6.92 Å². The van der Waals surface area contributed by atoms with E-state index < -0.39 is 34.5 Å². The molecule has 1 unspecified atom stereocenters. The summed E-state index contributed by atoms with van der Waals surface area (Å²) in [5.41, 5.74) is 0. The number of halogens is 2. The lowest BCUT2D eigenvalue weighted by Gasteiger charge is -2.16. The number of hydrogen-bond donors (Lipinski definition) is 2. The predicted molar refractivity (Wildman–Crippen MR) is 95.1 cm³/mol. The Kier molecular flexibility index (Phi) is 8.64. The van der Waals surface area contributed by atoms with Gasteiger partial charge in [0.2, 0.25) is 15.9 Å². The van der Waals surface area contributed by atoms with Crippen molar-refractivity contribution in [1.29, 1.82) is 0 Å². The van der Waals surface area contributed by atoms with Gasteiger partial charge in [0.05, 0.1) is 28.6 Å². The molecular formula is C15H20Cl2N2O5S. The van der Waals surface area contributed by atoms with Gasteiger partial charge in [-0.15, -0.1) is 0 Å². The number of hydrogen-bond acceptors (Lipinski definition) is 5. The van der Waals surface area contributed by atoms with Crippen molar-refractivity contribution in [3.8, 4) is 0 Å². The first-order valence-electron chi connectivity index (χ1n) is 7.53. The molecule has 0 aliphatic rings. The largest absolute Gasteiger partial charge is 0.467 e. The van der Waals surface area contributed by atoms with Crippen molar-refractivity contribution in [1.82, 2.24) is 10.0 Å². The number of benzene rings is 1. The highest BCUT2D eigenvalue weighted by molar-refractivity contribution is 7.89. The number of amides is 1. The van der Waals surface area contributed by atoms with Crippen LogP contribution in [-0.2, 0) is 24.3 Å². The zero-order valence-electron chi connectivity index (χ0n) is 13.8. The van der Waals surface area contributed by atoms with Crippen LogP contribution in [0, 0.1) is 0 Å². The van der Waals surface area contributed by atoms with E-state index in [2.05, 4.69) is 14.8 Å². The Morgan fingerprint density at radius 2 is 1.92 bits per heavy atom. The summed E-state index contributed by atoms with van der Waals surface area (Å²) in [7, 11) is -2.72. The summed E-state index contributed by atoms with van der Waals surface area (Å²) in [6, 6.07) is 2.98. The Hall–Kier alpha value is -1.35. The Balaban J connectivity index is 2.69. The third-order valence-electron chi connectivity index (χ3n) is 3.29. The standard InChI is InChI=1S/C15H20Cl2N2O5S/c1-3-4-5-13(15(21)24-2)19-14(20)9-18-25(22,23)10-6-7-11(16)12(17)8-10/h6-8,13,18H,3-5,9H2,1-2H3,(H,19,20). The van der Waals surface area contributed by atoms with Crippen molar-refractivity contribution >= 4 is 45.1 Å². The molecule has 0 bridgehead atoms. The van der Waals surface area contributed by atoms with Crippen molar-refractivity contribution < 1.29 is 22.7 Å². The van der Waals surface area contributed by atoms with Crippen LogP contribution in [0.15, 0.2) is 23.1 Å². The van der Waals surface area contributed by atoms with Crippen LogP contribution in [0.3, 0.4) is 0 Å².